The standard InChI is InChI=1S/C6H13O.CH3.O.Sn/c1-2-3-4-5-6-7;;;/h2-6H2,1H3;1H3;;/q-1;;;+1. The van der Waals surface area contributed by atoms with E-state index in [9.17, 15) is 3.08 Å². The van der Waals surface area contributed by atoms with Gasteiger partial charge in [0.25, 0.3) is 0 Å². The van der Waals surface area contributed by atoms with E-state index in [1.54, 1.807) is 4.94 Å². The third kappa shape index (κ3) is 8.56. The molecule has 3 heteroatoms. The molecule has 2 nitrogen and oxygen atoms in total. The molecule has 0 spiro atoms. The summed E-state index contributed by atoms with van der Waals surface area (Å²) in [6.07, 6.45) is 4.81. The summed E-state index contributed by atoms with van der Waals surface area (Å²) in [5.41, 5.74) is 0. The second-order valence-corrected chi connectivity index (χ2v) is 6.03. The predicted molar refractivity (Wildman–Crippen MR) is 42.4 cm³/mol. The summed E-state index contributed by atoms with van der Waals surface area (Å²) in [5.74, 6) is 0. The Morgan fingerprint density at radius 1 is 1.30 bits per heavy atom. The van der Waals surface area contributed by atoms with Crippen LogP contribution < -0.4 is 0 Å². The van der Waals surface area contributed by atoms with E-state index in [0.29, 0.717) is 0 Å². The second kappa shape index (κ2) is 7.66. The first-order valence-electron chi connectivity index (χ1n) is 3.90. The number of unbranched alkanes of at least 4 members (excludes halogenated alkanes) is 3. The molecule has 0 rings (SSSR count). The zero-order valence-corrected chi connectivity index (χ0v) is 9.71. The van der Waals surface area contributed by atoms with Crippen LogP contribution in [0.5, 0.6) is 0 Å². The molecule has 0 radical (unpaired) electrons. The first-order chi connectivity index (χ1) is 4.77. The molecule has 0 aromatic carbocycles. The number of hydrogen-bond acceptors (Lipinski definition) is 2. The Balaban J connectivity index is 2.84. The van der Waals surface area contributed by atoms with E-state index in [1.807, 2.05) is 0 Å². The molecule has 0 fully saturated rings. The molecule has 0 aromatic heterocycles. The third-order valence-corrected chi connectivity index (χ3v) is 3.05. The van der Waals surface area contributed by atoms with E-state index in [2.05, 4.69) is 6.92 Å². The van der Waals surface area contributed by atoms with E-state index in [0.717, 1.165) is 13.0 Å². The van der Waals surface area contributed by atoms with Crippen molar-refractivity contribution in [3.05, 3.63) is 0 Å². The minimum absolute atomic E-state index is 0.717. The fraction of sp³-hybridized carbons (Fsp3) is 1.00. The van der Waals surface area contributed by atoms with Gasteiger partial charge in [-0.1, -0.05) is 0 Å². The van der Waals surface area contributed by atoms with Gasteiger partial charge in [-0.2, -0.15) is 0 Å². The first-order valence-corrected chi connectivity index (χ1v) is 9.09. The molecule has 0 amide bonds. The second-order valence-electron chi connectivity index (χ2n) is 2.40. The molecule has 0 aliphatic rings. The molecular weight excluding hydrogens is 235 g/mol. The average Bonchev–Trinajstić information content (AvgIpc) is 1.87. The van der Waals surface area contributed by atoms with Gasteiger partial charge in [0.05, 0.1) is 0 Å². The van der Waals surface area contributed by atoms with Crippen LogP contribution in [-0.4, -0.2) is 26.8 Å². The van der Waals surface area contributed by atoms with Gasteiger partial charge in [-0.15, -0.1) is 0 Å². The van der Waals surface area contributed by atoms with E-state index >= 15 is 0 Å². The van der Waals surface area contributed by atoms with Crippen LogP contribution in [0.1, 0.15) is 32.6 Å². The van der Waals surface area contributed by atoms with E-state index in [1.165, 1.54) is 19.3 Å². The van der Waals surface area contributed by atoms with Crippen LogP contribution in [-0.2, 0) is 6.15 Å². The van der Waals surface area contributed by atoms with Crippen molar-refractivity contribution in [2.75, 3.05) is 6.61 Å². The van der Waals surface area contributed by atoms with Crippen LogP contribution in [0.15, 0.2) is 0 Å². The Morgan fingerprint density at radius 3 is 2.50 bits per heavy atom. The van der Waals surface area contributed by atoms with E-state index in [-0.39, 0.29) is 0 Å². The van der Waals surface area contributed by atoms with Crippen LogP contribution in [0, 0.1) is 0 Å². The monoisotopic (exact) mass is 252 g/mol. The van der Waals surface area contributed by atoms with Gasteiger partial charge in [-0.25, -0.2) is 0 Å². The van der Waals surface area contributed by atoms with Gasteiger partial charge < -0.3 is 0 Å². The molecule has 0 unspecified atom stereocenters. The van der Waals surface area contributed by atoms with Gasteiger partial charge in [-0.3, -0.25) is 0 Å². The van der Waals surface area contributed by atoms with Crippen LogP contribution in [0.25, 0.3) is 0 Å². The minimum atomic E-state index is -2.44. The molecule has 0 saturated carbocycles. The van der Waals surface area contributed by atoms with Crippen LogP contribution in [0.4, 0.5) is 0 Å². The molecule has 10 heavy (non-hydrogen) atoms. The average molecular weight is 251 g/mol. The predicted octanol–water partition coefficient (Wildman–Crippen LogP) is 2.13. The van der Waals surface area contributed by atoms with Gasteiger partial charge in [0.1, 0.15) is 0 Å². The molecule has 0 aromatic rings. The summed E-state index contributed by atoms with van der Waals surface area (Å²) >= 11 is -2.44. The Hall–Kier alpha value is 0.559. The van der Waals surface area contributed by atoms with Gasteiger partial charge in [0.15, 0.2) is 0 Å². The Kier molecular flexibility index (Phi) is 8.09. The summed E-state index contributed by atoms with van der Waals surface area (Å²) in [6, 6.07) is 0. The summed E-state index contributed by atoms with van der Waals surface area (Å²) in [7, 11) is 0. The van der Waals surface area contributed by atoms with Gasteiger partial charge >= 0.3 is 70.5 Å². The zero-order valence-electron chi connectivity index (χ0n) is 6.85. The van der Waals surface area contributed by atoms with Crippen molar-refractivity contribution in [3.63, 3.8) is 0 Å². The quantitative estimate of drug-likeness (QED) is 0.533. The van der Waals surface area contributed by atoms with Crippen LogP contribution in [0.3, 0.4) is 0 Å². The summed E-state index contributed by atoms with van der Waals surface area (Å²) < 4.78 is 15.6. The van der Waals surface area contributed by atoms with E-state index in [4.69, 9.17) is 3.07 Å². The molecule has 0 N–H and O–H groups in total. The number of hydrogen-bond donors (Lipinski definition) is 0. The van der Waals surface area contributed by atoms with Crippen molar-refractivity contribution >= 4 is 20.2 Å². The normalized spacial score (nSPS) is 9.80. The first kappa shape index (κ1) is 10.6. The Morgan fingerprint density at radius 2 is 2.00 bits per heavy atom. The fourth-order valence-electron chi connectivity index (χ4n) is 0.745. The molecule has 0 aliphatic heterocycles. The molecule has 0 saturated heterocycles. The van der Waals surface area contributed by atoms with E-state index < -0.39 is 20.2 Å². The Bertz CT molecular complexity index is 93.6. The van der Waals surface area contributed by atoms with Crippen LogP contribution in [0.2, 0.25) is 4.94 Å². The third-order valence-electron chi connectivity index (χ3n) is 1.30. The molecule has 0 atom stereocenters. The molecular formula is C7H16O2Sn. The van der Waals surface area contributed by atoms with Gasteiger partial charge in [0, 0.05) is 0 Å². The SMILES string of the molecule is CCCCCC[O][Sn]([CH3])=[O]. The number of rotatable bonds is 6. The maximum atomic E-state index is 10.5. The summed E-state index contributed by atoms with van der Waals surface area (Å²) in [6.45, 7) is 2.89. The van der Waals surface area contributed by atoms with Crippen molar-refractivity contribution in [2.24, 2.45) is 0 Å². The fourth-order valence-corrected chi connectivity index (χ4v) is 1.98. The molecule has 60 valence electrons. The van der Waals surface area contributed by atoms with Gasteiger partial charge in [-0.05, 0) is 0 Å². The molecule has 0 heterocycles. The Labute approximate surface area is 70.6 Å². The summed E-state index contributed by atoms with van der Waals surface area (Å²) in [5, 5.41) is 0. The van der Waals surface area contributed by atoms with Crippen molar-refractivity contribution in [3.8, 4) is 0 Å². The van der Waals surface area contributed by atoms with Gasteiger partial charge in [0.2, 0.25) is 0 Å². The summed E-state index contributed by atoms with van der Waals surface area (Å²) in [4.78, 5) is 1.72. The van der Waals surface area contributed by atoms with Crippen molar-refractivity contribution in [1.82, 2.24) is 0 Å². The zero-order chi connectivity index (χ0) is 7.82. The topological polar surface area (TPSA) is 26.3 Å². The molecule has 0 aliphatic carbocycles. The van der Waals surface area contributed by atoms with Crippen LogP contribution >= 0.6 is 0 Å². The van der Waals surface area contributed by atoms with Crippen molar-refractivity contribution < 1.29 is 6.15 Å². The maximum absolute atomic E-state index is 10.5. The molecule has 0 bridgehead atoms. The van der Waals surface area contributed by atoms with Crippen molar-refractivity contribution in [2.45, 2.75) is 37.5 Å². The van der Waals surface area contributed by atoms with Crippen molar-refractivity contribution in [1.29, 1.82) is 0 Å².